The third-order valence-corrected chi connectivity index (χ3v) is 5.99. The Hall–Kier alpha value is -4.50. The number of ether oxygens (including phenoxy) is 1. The number of anilines is 2. The third-order valence-electron chi connectivity index (χ3n) is 5.69. The van der Waals surface area contributed by atoms with Crippen LogP contribution in [0.25, 0.3) is 6.08 Å². The average molecular weight is 522 g/mol. The summed E-state index contributed by atoms with van der Waals surface area (Å²) in [7, 11) is 0. The molecule has 1 saturated heterocycles. The van der Waals surface area contributed by atoms with Gasteiger partial charge >= 0.3 is 6.03 Å². The zero-order valence-electron chi connectivity index (χ0n) is 19.8. The molecule has 0 aromatic heterocycles. The minimum atomic E-state index is -0.945. The highest BCUT2D eigenvalue weighted by Gasteiger charge is 2.36. The number of rotatable bonds is 6. The Labute approximate surface area is 216 Å². The first-order chi connectivity index (χ1) is 17.6. The summed E-state index contributed by atoms with van der Waals surface area (Å²) < 4.78 is 18.8. The summed E-state index contributed by atoms with van der Waals surface area (Å²) in [5.74, 6) is -2.44. The standard InChI is InChI=1S/C27H21ClFN3O5/c1-15-4-3-5-22(16(15)2)30-24(33)14-37-23-11-6-17(13-21(23)28)12-20-25(34)31-27(36)32(26(20)35)19-9-7-18(29)8-10-19/h3-13H,14H2,1-2H3,(H,30,33)(H,31,34,36)/b20-12+. The molecule has 0 saturated carbocycles. The second-order valence-corrected chi connectivity index (χ2v) is 8.62. The third kappa shape index (κ3) is 5.68. The molecule has 188 valence electrons. The van der Waals surface area contributed by atoms with Crippen molar-refractivity contribution in [2.24, 2.45) is 0 Å². The molecule has 1 aliphatic heterocycles. The Kier molecular flexibility index (Phi) is 7.35. The number of hydrogen-bond acceptors (Lipinski definition) is 5. The second kappa shape index (κ2) is 10.6. The predicted octanol–water partition coefficient (Wildman–Crippen LogP) is 4.78. The lowest BCUT2D eigenvalue weighted by atomic mass is 10.1. The highest BCUT2D eigenvalue weighted by atomic mass is 35.5. The average Bonchev–Trinajstić information content (AvgIpc) is 2.85. The van der Waals surface area contributed by atoms with Crippen molar-refractivity contribution in [2.45, 2.75) is 13.8 Å². The maximum atomic E-state index is 13.3. The minimum absolute atomic E-state index is 0.100. The van der Waals surface area contributed by atoms with E-state index in [-0.39, 0.29) is 34.5 Å². The molecule has 8 nitrogen and oxygen atoms in total. The van der Waals surface area contributed by atoms with E-state index in [9.17, 15) is 23.6 Å². The molecule has 5 amide bonds. The van der Waals surface area contributed by atoms with E-state index in [0.29, 0.717) is 11.3 Å². The molecule has 3 aromatic rings. The summed E-state index contributed by atoms with van der Waals surface area (Å²) in [6.45, 7) is 3.56. The van der Waals surface area contributed by atoms with Crippen LogP contribution in [-0.4, -0.2) is 30.4 Å². The summed E-state index contributed by atoms with van der Waals surface area (Å²) in [5, 5.41) is 5.02. The number of hydrogen-bond donors (Lipinski definition) is 2. The number of benzene rings is 3. The van der Waals surface area contributed by atoms with Gasteiger partial charge in [-0.1, -0.05) is 29.8 Å². The number of urea groups is 1. The molecule has 0 aliphatic carbocycles. The molecule has 4 rings (SSSR count). The van der Waals surface area contributed by atoms with Crippen LogP contribution in [0, 0.1) is 19.7 Å². The smallest absolute Gasteiger partial charge is 0.335 e. The van der Waals surface area contributed by atoms with Gasteiger partial charge in [0.2, 0.25) is 0 Å². The Morgan fingerprint density at radius 3 is 2.51 bits per heavy atom. The van der Waals surface area contributed by atoms with E-state index in [1.807, 2.05) is 26.0 Å². The molecule has 3 aromatic carbocycles. The molecule has 10 heteroatoms. The Bertz CT molecular complexity index is 1450. The fourth-order valence-corrected chi connectivity index (χ4v) is 3.83. The largest absolute Gasteiger partial charge is 0.482 e. The van der Waals surface area contributed by atoms with E-state index in [4.69, 9.17) is 16.3 Å². The van der Waals surface area contributed by atoms with E-state index in [0.717, 1.165) is 28.2 Å². The first kappa shape index (κ1) is 25.6. The van der Waals surface area contributed by atoms with Gasteiger partial charge in [-0.15, -0.1) is 0 Å². The first-order valence-electron chi connectivity index (χ1n) is 11.1. The summed E-state index contributed by atoms with van der Waals surface area (Å²) >= 11 is 6.30. The molecule has 0 atom stereocenters. The van der Waals surface area contributed by atoms with Crippen molar-refractivity contribution in [3.63, 3.8) is 0 Å². The Morgan fingerprint density at radius 1 is 1.08 bits per heavy atom. The van der Waals surface area contributed by atoms with Crippen LogP contribution in [0.1, 0.15) is 16.7 Å². The highest BCUT2D eigenvalue weighted by molar-refractivity contribution is 6.39. The van der Waals surface area contributed by atoms with Gasteiger partial charge in [-0.2, -0.15) is 0 Å². The Morgan fingerprint density at radius 2 is 1.81 bits per heavy atom. The van der Waals surface area contributed by atoms with Gasteiger partial charge in [0.25, 0.3) is 17.7 Å². The molecule has 1 heterocycles. The molecule has 0 unspecified atom stereocenters. The number of nitrogens with one attached hydrogen (secondary N) is 2. The number of imide groups is 2. The van der Waals surface area contributed by atoms with Crippen LogP contribution in [0.2, 0.25) is 5.02 Å². The Balaban J connectivity index is 1.47. The van der Waals surface area contributed by atoms with Crippen LogP contribution in [0.5, 0.6) is 5.75 Å². The van der Waals surface area contributed by atoms with Crippen LogP contribution >= 0.6 is 11.6 Å². The SMILES string of the molecule is Cc1cccc(NC(=O)COc2ccc(/C=C3\C(=O)NC(=O)N(c4ccc(F)cc4)C3=O)cc2Cl)c1C. The second-order valence-electron chi connectivity index (χ2n) is 8.21. The van der Waals surface area contributed by atoms with Crippen LogP contribution in [0.4, 0.5) is 20.6 Å². The van der Waals surface area contributed by atoms with E-state index in [1.165, 1.54) is 36.4 Å². The van der Waals surface area contributed by atoms with Gasteiger partial charge in [0.05, 0.1) is 10.7 Å². The molecule has 1 aliphatic rings. The monoisotopic (exact) mass is 521 g/mol. The normalized spacial score (nSPS) is 14.5. The maximum absolute atomic E-state index is 13.3. The van der Waals surface area contributed by atoms with Gasteiger partial charge in [-0.25, -0.2) is 14.1 Å². The summed E-state index contributed by atoms with van der Waals surface area (Å²) in [6.07, 6.45) is 1.27. The van der Waals surface area contributed by atoms with Crippen molar-refractivity contribution in [3.05, 3.63) is 93.8 Å². The minimum Gasteiger partial charge on any atom is -0.482 e. The van der Waals surface area contributed by atoms with Gasteiger partial charge < -0.3 is 10.1 Å². The summed E-state index contributed by atoms with van der Waals surface area (Å²) in [4.78, 5) is 50.6. The van der Waals surface area contributed by atoms with Crippen LogP contribution in [0.15, 0.2) is 66.2 Å². The molecule has 0 spiro atoms. The van der Waals surface area contributed by atoms with Crippen molar-refractivity contribution in [3.8, 4) is 5.75 Å². The van der Waals surface area contributed by atoms with Crippen LogP contribution in [0.3, 0.4) is 0 Å². The predicted molar refractivity (Wildman–Crippen MR) is 137 cm³/mol. The van der Waals surface area contributed by atoms with Gasteiger partial charge in [-0.05, 0) is 79.1 Å². The van der Waals surface area contributed by atoms with Gasteiger partial charge in [-0.3, -0.25) is 19.7 Å². The van der Waals surface area contributed by atoms with E-state index >= 15 is 0 Å². The number of amides is 5. The highest BCUT2D eigenvalue weighted by Crippen LogP contribution is 2.28. The van der Waals surface area contributed by atoms with Crippen LogP contribution in [-0.2, 0) is 14.4 Å². The van der Waals surface area contributed by atoms with E-state index < -0.39 is 23.7 Å². The fourth-order valence-electron chi connectivity index (χ4n) is 3.59. The van der Waals surface area contributed by atoms with Crippen LogP contribution < -0.4 is 20.3 Å². The van der Waals surface area contributed by atoms with Crippen molar-refractivity contribution in [2.75, 3.05) is 16.8 Å². The summed E-state index contributed by atoms with van der Waals surface area (Å²) in [5.41, 5.74) is 2.84. The van der Waals surface area contributed by atoms with Gasteiger partial charge in [0.1, 0.15) is 17.1 Å². The first-order valence-corrected chi connectivity index (χ1v) is 11.5. The molecular formula is C27H21ClFN3O5. The number of aryl methyl sites for hydroxylation is 1. The number of barbiturate groups is 1. The molecular weight excluding hydrogens is 501 g/mol. The lowest BCUT2D eigenvalue weighted by molar-refractivity contribution is -0.122. The molecule has 0 bridgehead atoms. The van der Waals surface area contributed by atoms with Crippen molar-refractivity contribution in [1.82, 2.24) is 5.32 Å². The zero-order chi connectivity index (χ0) is 26.7. The molecule has 37 heavy (non-hydrogen) atoms. The maximum Gasteiger partial charge on any atom is 0.335 e. The topological polar surface area (TPSA) is 105 Å². The number of carbonyl (C=O) groups is 4. The number of carbonyl (C=O) groups excluding carboxylic acids is 4. The number of halogens is 2. The fraction of sp³-hybridized carbons (Fsp3) is 0.111. The van der Waals surface area contributed by atoms with Crippen molar-refractivity contribution < 1.29 is 28.3 Å². The van der Waals surface area contributed by atoms with Gasteiger partial charge in [0.15, 0.2) is 6.61 Å². The van der Waals surface area contributed by atoms with Crippen molar-refractivity contribution in [1.29, 1.82) is 0 Å². The molecule has 2 N–H and O–H groups in total. The molecule has 0 radical (unpaired) electrons. The van der Waals surface area contributed by atoms with Crippen molar-refractivity contribution >= 4 is 52.8 Å². The number of nitrogens with zero attached hydrogens (tertiary/aromatic N) is 1. The quantitative estimate of drug-likeness (QED) is 0.359. The van der Waals surface area contributed by atoms with E-state index in [1.54, 1.807) is 6.07 Å². The zero-order valence-corrected chi connectivity index (χ0v) is 20.6. The summed E-state index contributed by atoms with van der Waals surface area (Å²) in [6, 6.07) is 13.8. The van der Waals surface area contributed by atoms with Gasteiger partial charge in [0, 0.05) is 5.69 Å². The lowest BCUT2D eigenvalue weighted by Gasteiger charge is -2.26. The van der Waals surface area contributed by atoms with E-state index in [2.05, 4.69) is 10.6 Å². The lowest BCUT2D eigenvalue weighted by Crippen LogP contribution is -2.54. The molecule has 1 fully saturated rings.